The van der Waals surface area contributed by atoms with Crippen molar-refractivity contribution in [3.05, 3.63) is 47.1 Å². The summed E-state index contributed by atoms with van der Waals surface area (Å²) in [4.78, 5) is 9.24. The second kappa shape index (κ2) is 7.66. The van der Waals surface area contributed by atoms with Crippen LogP contribution in [0.15, 0.2) is 34.0 Å². The SMILES string of the molecule is Cc1ccc(-c2nc(CSc3n[nH]c(CC4CCCC4)n3)co2)c(C)c1. The number of rotatable bonds is 6. The maximum Gasteiger partial charge on any atom is 0.226 e. The maximum atomic E-state index is 5.68. The van der Waals surface area contributed by atoms with Gasteiger partial charge in [0.1, 0.15) is 12.1 Å². The zero-order chi connectivity index (χ0) is 17.9. The van der Waals surface area contributed by atoms with Crippen molar-refractivity contribution >= 4 is 11.8 Å². The number of hydrogen-bond donors (Lipinski definition) is 1. The Kier molecular flexibility index (Phi) is 5.11. The van der Waals surface area contributed by atoms with Gasteiger partial charge in [-0.15, -0.1) is 5.10 Å². The van der Waals surface area contributed by atoms with Gasteiger partial charge in [0, 0.05) is 17.7 Å². The second-order valence-corrected chi connectivity index (χ2v) is 8.11. The first-order valence-electron chi connectivity index (χ1n) is 9.23. The first kappa shape index (κ1) is 17.3. The van der Waals surface area contributed by atoms with Crippen molar-refractivity contribution in [1.82, 2.24) is 20.2 Å². The monoisotopic (exact) mass is 368 g/mol. The van der Waals surface area contributed by atoms with Crippen molar-refractivity contribution in [1.29, 1.82) is 0 Å². The number of aromatic nitrogens is 4. The number of aromatic amines is 1. The Hall–Kier alpha value is -2.08. The van der Waals surface area contributed by atoms with Crippen LogP contribution in [0.3, 0.4) is 0 Å². The highest BCUT2D eigenvalue weighted by Crippen LogP contribution is 2.28. The molecule has 1 aliphatic rings. The molecule has 2 heterocycles. The van der Waals surface area contributed by atoms with Crippen LogP contribution in [0.4, 0.5) is 0 Å². The van der Waals surface area contributed by atoms with Gasteiger partial charge in [-0.1, -0.05) is 55.1 Å². The van der Waals surface area contributed by atoms with E-state index in [1.807, 2.05) is 0 Å². The predicted molar refractivity (Wildman–Crippen MR) is 103 cm³/mol. The first-order valence-corrected chi connectivity index (χ1v) is 10.2. The van der Waals surface area contributed by atoms with Crippen LogP contribution in [0.5, 0.6) is 0 Å². The van der Waals surface area contributed by atoms with Gasteiger partial charge in [0.25, 0.3) is 0 Å². The topological polar surface area (TPSA) is 67.6 Å². The van der Waals surface area contributed by atoms with Crippen LogP contribution in [-0.2, 0) is 12.2 Å². The molecule has 136 valence electrons. The minimum Gasteiger partial charge on any atom is -0.444 e. The summed E-state index contributed by atoms with van der Waals surface area (Å²) in [6, 6.07) is 6.30. The van der Waals surface area contributed by atoms with E-state index >= 15 is 0 Å². The molecule has 2 aromatic heterocycles. The zero-order valence-corrected chi connectivity index (χ0v) is 16.1. The molecule has 0 radical (unpaired) electrons. The Morgan fingerprint density at radius 3 is 2.85 bits per heavy atom. The fourth-order valence-corrected chi connectivity index (χ4v) is 4.31. The summed E-state index contributed by atoms with van der Waals surface area (Å²) < 4.78 is 5.68. The molecule has 1 N–H and O–H groups in total. The highest BCUT2D eigenvalue weighted by molar-refractivity contribution is 7.98. The molecule has 0 bridgehead atoms. The lowest BCUT2D eigenvalue weighted by Crippen LogP contribution is -2.00. The molecule has 0 atom stereocenters. The fourth-order valence-electron chi connectivity index (χ4n) is 3.61. The highest BCUT2D eigenvalue weighted by Gasteiger charge is 2.17. The Morgan fingerprint density at radius 1 is 1.19 bits per heavy atom. The van der Waals surface area contributed by atoms with E-state index in [0.29, 0.717) is 11.6 Å². The van der Waals surface area contributed by atoms with E-state index in [1.54, 1.807) is 18.0 Å². The molecule has 5 nitrogen and oxygen atoms in total. The van der Waals surface area contributed by atoms with Crippen molar-refractivity contribution in [2.45, 2.75) is 56.9 Å². The van der Waals surface area contributed by atoms with Gasteiger partial charge in [-0.25, -0.2) is 9.97 Å². The Morgan fingerprint density at radius 2 is 2.04 bits per heavy atom. The summed E-state index contributed by atoms with van der Waals surface area (Å²) in [5.74, 6) is 3.16. The van der Waals surface area contributed by atoms with Gasteiger partial charge in [0.05, 0.1) is 5.69 Å². The average molecular weight is 369 g/mol. The molecular formula is C20H24N4OS. The first-order chi connectivity index (χ1) is 12.7. The molecular weight excluding hydrogens is 344 g/mol. The Balaban J connectivity index is 1.36. The minimum absolute atomic E-state index is 0.676. The van der Waals surface area contributed by atoms with E-state index in [1.165, 1.54) is 36.8 Å². The van der Waals surface area contributed by atoms with Crippen LogP contribution < -0.4 is 0 Å². The van der Waals surface area contributed by atoms with Crippen molar-refractivity contribution in [3.8, 4) is 11.5 Å². The van der Waals surface area contributed by atoms with Crippen LogP contribution >= 0.6 is 11.8 Å². The number of oxazole rings is 1. The average Bonchev–Trinajstić information content (AvgIpc) is 3.35. The molecule has 0 unspecified atom stereocenters. The van der Waals surface area contributed by atoms with Crippen molar-refractivity contribution in [2.24, 2.45) is 5.92 Å². The largest absolute Gasteiger partial charge is 0.444 e. The van der Waals surface area contributed by atoms with Crippen molar-refractivity contribution in [3.63, 3.8) is 0 Å². The molecule has 3 aromatic rings. The number of H-pyrrole nitrogens is 1. The smallest absolute Gasteiger partial charge is 0.226 e. The lowest BCUT2D eigenvalue weighted by Gasteiger charge is -2.03. The predicted octanol–water partition coefficient (Wildman–Crippen LogP) is 5.10. The Bertz CT molecular complexity index is 880. The van der Waals surface area contributed by atoms with Crippen molar-refractivity contribution < 1.29 is 4.42 Å². The number of thioether (sulfide) groups is 1. The second-order valence-electron chi connectivity index (χ2n) is 7.17. The van der Waals surface area contributed by atoms with Crippen LogP contribution in [0.25, 0.3) is 11.5 Å². The normalized spacial score (nSPS) is 15.0. The quantitative estimate of drug-likeness (QED) is 0.613. The number of nitrogens with zero attached hydrogens (tertiary/aromatic N) is 3. The third kappa shape index (κ3) is 4.01. The lowest BCUT2D eigenvalue weighted by molar-refractivity contribution is 0.531. The van der Waals surface area contributed by atoms with Crippen LogP contribution in [-0.4, -0.2) is 20.2 Å². The third-order valence-corrected chi connectivity index (χ3v) is 5.86. The summed E-state index contributed by atoms with van der Waals surface area (Å²) in [6.07, 6.45) is 8.11. The molecule has 1 fully saturated rings. The summed E-state index contributed by atoms with van der Waals surface area (Å²) in [7, 11) is 0. The number of aryl methyl sites for hydroxylation is 2. The molecule has 26 heavy (non-hydrogen) atoms. The van der Waals surface area contributed by atoms with Gasteiger partial charge in [-0.3, -0.25) is 5.10 Å². The third-order valence-electron chi connectivity index (χ3n) is 4.98. The Labute approximate surface area is 158 Å². The molecule has 0 aliphatic heterocycles. The molecule has 4 rings (SSSR count). The fraction of sp³-hybridized carbons (Fsp3) is 0.450. The maximum absolute atomic E-state index is 5.68. The van der Waals surface area contributed by atoms with E-state index in [9.17, 15) is 0 Å². The van der Waals surface area contributed by atoms with Crippen molar-refractivity contribution in [2.75, 3.05) is 0 Å². The molecule has 1 saturated carbocycles. The van der Waals surface area contributed by atoms with Gasteiger partial charge in [0.2, 0.25) is 11.0 Å². The van der Waals surface area contributed by atoms with E-state index < -0.39 is 0 Å². The van der Waals surface area contributed by atoms with E-state index in [4.69, 9.17) is 4.42 Å². The summed E-state index contributed by atoms with van der Waals surface area (Å²) >= 11 is 1.59. The summed E-state index contributed by atoms with van der Waals surface area (Å²) in [5, 5.41) is 8.20. The molecule has 0 spiro atoms. The molecule has 0 saturated heterocycles. The van der Waals surface area contributed by atoms with E-state index in [2.05, 4.69) is 52.2 Å². The van der Waals surface area contributed by atoms with Gasteiger partial charge in [-0.05, 0) is 31.4 Å². The van der Waals surface area contributed by atoms with Gasteiger partial charge in [-0.2, -0.15) is 0 Å². The van der Waals surface area contributed by atoms with Gasteiger partial charge >= 0.3 is 0 Å². The van der Waals surface area contributed by atoms with Crippen LogP contribution in [0.1, 0.15) is 48.3 Å². The number of benzene rings is 1. The summed E-state index contributed by atoms with van der Waals surface area (Å²) in [6.45, 7) is 4.17. The summed E-state index contributed by atoms with van der Waals surface area (Å²) in [5.41, 5.74) is 4.37. The minimum atomic E-state index is 0.676. The number of hydrogen-bond acceptors (Lipinski definition) is 5. The van der Waals surface area contributed by atoms with E-state index in [0.717, 1.165) is 34.6 Å². The van der Waals surface area contributed by atoms with E-state index in [-0.39, 0.29) is 0 Å². The number of nitrogens with one attached hydrogen (secondary N) is 1. The molecule has 0 amide bonds. The van der Waals surface area contributed by atoms with Crippen LogP contribution in [0.2, 0.25) is 0 Å². The highest BCUT2D eigenvalue weighted by atomic mass is 32.2. The van der Waals surface area contributed by atoms with Gasteiger partial charge in [0.15, 0.2) is 0 Å². The lowest BCUT2D eigenvalue weighted by atomic mass is 10.0. The molecule has 1 aromatic carbocycles. The zero-order valence-electron chi connectivity index (χ0n) is 15.3. The standard InChI is InChI=1S/C20H24N4OS/c1-13-7-8-17(14(2)9-13)19-21-16(11-25-19)12-26-20-22-18(23-24-20)10-15-5-3-4-6-15/h7-9,11,15H,3-6,10,12H2,1-2H3,(H,22,23,24). The van der Waals surface area contributed by atoms with Crippen LogP contribution in [0, 0.1) is 19.8 Å². The molecule has 6 heteroatoms. The van der Waals surface area contributed by atoms with Gasteiger partial charge < -0.3 is 4.42 Å². The molecule has 1 aliphatic carbocycles.